The van der Waals surface area contributed by atoms with Crippen LogP contribution in [0.5, 0.6) is 5.75 Å². The summed E-state index contributed by atoms with van der Waals surface area (Å²) in [7, 11) is 2.12. The summed E-state index contributed by atoms with van der Waals surface area (Å²) in [5.74, 6) is 0.851. The van der Waals surface area contributed by atoms with E-state index in [1.165, 1.54) is 0 Å². The molecule has 0 aliphatic rings. The van der Waals surface area contributed by atoms with Gasteiger partial charge in [-0.2, -0.15) is 0 Å². The normalized spacial score (nSPS) is 11.6. The van der Waals surface area contributed by atoms with Crippen molar-refractivity contribution in [2.24, 2.45) is 11.1 Å². The molecule has 3 nitrogen and oxygen atoms in total. The second-order valence-corrected chi connectivity index (χ2v) is 6.48. The lowest BCUT2D eigenvalue weighted by Gasteiger charge is -2.26. The highest BCUT2D eigenvalue weighted by molar-refractivity contribution is 7.80. The molecule has 1 rings (SSSR count). The van der Waals surface area contributed by atoms with Crippen LogP contribution in [0, 0.1) is 5.41 Å². The molecule has 0 radical (unpaired) electrons. The van der Waals surface area contributed by atoms with E-state index in [-0.39, 0.29) is 0 Å². The van der Waals surface area contributed by atoms with Crippen molar-refractivity contribution in [3.05, 3.63) is 29.8 Å². The fraction of sp³-hybridized carbons (Fsp3) is 0.533. The van der Waals surface area contributed by atoms with Gasteiger partial charge in [0.05, 0.1) is 0 Å². The molecule has 0 fully saturated rings. The molecule has 1 aromatic carbocycles. The molecule has 0 aliphatic heterocycles. The molecule has 106 valence electrons. The van der Waals surface area contributed by atoms with Crippen LogP contribution in [0.25, 0.3) is 0 Å². The van der Waals surface area contributed by atoms with E-state index in [0.29, 0.717) is 17.0 Å². The molecule has 0 unspecified atom stereocenters. The molecule has 0 saturated heterocycles. The van der Waals surface area contributed by atoms with E-state index in [9.17, 15) is 0 Å². The van der Waals surface area contributed by atoms with E-state index in [0.717, 1.165) is 24.4 Å². The van der Waals surface area contributed by atoms with Gasteiger partial charge < -0.3 is 15.4 Å². The van der Waals surface area contributed by atoms with Gasteiger partial charge in [0.1, 0.15) is 17.3 Å². The van der Waals surface area contributed by atoms with Crippen LogP contribution in [0.1, 0.15) is 26.3 Å². The number of benzene rings is 1. The highest BCUT2D eigenvalue weighted by atomic mass is 32.1. The van der Waals surface area contributed by atoms with Crippen LogP contribution in [-0.4, -0.2) is 36.6 Å². The molecule has 0 amide bonds. The third-order valence-electron chi connectivity index (χ3n) is 2.62. The predicted molar refractivity (Wildman–Crippen MR) is 84.8 cm³/mol. The Morgan fingerprint density at radius 3 is 2.32 bits per heavy atom. The maximum absolute atomic E-state index is 5.70. The minimum atomic E-state index is 0.313. The Bertz CT molecular complexity index is 409. The van der Waals surface area contributed by atoms with Crippen LogP contribution in [0.4, 0.5) is 0 Å². The Hall–Kier alpha value is -1.13. The molecule has 4 heteroatoms. The second kappa shape index (κ2) is 6.87. The SMILES string of the molecule is CN(CCOc1ccc(C(N)=S)cc1)CC(C)(C)C. The van der Waals surface area contributed by atoms with E-state index >= 15 is 0 Å². The number of nitrogens with zero attached hydrogens (tertiary/aromatic N) is 1. The van der Waals surface area contributed by atoms with E-state index in [2.05, 4.69) is 32.7 Å². The average molecular weight is 280 g/mol. The Labute approximate surface area is 121 Å². The average Bonchev–Trinajstić information content (AvgIpc) is 2.27. The summed E-state index contributed by atoms with van der Waals surface area (Å²) < 4.78 is 5.70. The summed E-state index contributed by atoms with van der Waals surface area (Å²) in [5, 5.41) is 0. The molecule has 0 spiro atoms. The lowest BCUT2D eigenvalue weighted by Crippen LogP contribution is -2.32. The van der Waals surface area contributed by atoms with Gasteiger partial charge >= 0.3 is 0 Å². The number of nitrogens with two attached hydrogens (primary N) is 1. The fourth-order valence-electron chi connectivity index (χ4n) is 1.92. The number of likely N-dealkylation sites (N-methyl/N-ethyl adjacent to an activating group) is 1. The number of hydrogen-bond acceptors (Lipinski definition) is 3. The van der Waals surface area contributed by atoms with Crippen LogP contribution in [0.3, 0.4) is 0 Å². The first-order valence-electron chi connectivity index (χ1n) is 6.49. The van der Waals surface area contributed by atoms with Crippen molar-refractivity contribution in [2.75, 3.05) is 26.7 Å². The highest BCUT2D eigenvalue weighted by Gasteiger charge is 2.13. The molecule has 0 saturated carbocycles. The Morgan fingerprint density at radius 1 is 1.26 bits per heavy atom. The number of rotatable bonds is 6. The van der Waals surface area contributed by atoms with Crippen molar-refractivity contribution in [3.8, 4) is 5.75 Å². The van der Waals surface area contributed by atoms with Gasteiger partial charge in [0.25, 0.3) is 0 Å². The van der Waals surface area contributed by atoms with E-state index in [1.807, 2.05) is 24.3 Å². The molecule has 0 aliphatic carbocycles. The van der Waals surface area contributed by atoms with E-state index in [1.54, 1.807) is 0 Å². The monoisotopic (exact) mass is 280 g/mol. The zero-order valence-electron chi connectivity index (χ0n) is 12.3. The van der Waals surface area contributed by atoms with Gasteiger partial charge in [-0.3, -0.25) is 0 Å². The van der Waals surface area contributed by atoms with Gasteiger partial charge in [-0.05, 0) is 36.7 Å². The quantitative estimate of drug-likeness (QED) is 0.813. The lowest BCUT2D eigenvalue weighted by molar-refractivity contribution is 0.188. The van der Waals surface area contributed by atoms with Gasteiger partial charge in [-0.25, -0.2) is 0 Å². The van der Waals surface area contributed by atoms with Crippen LogP contribution in [0.15, 0.2) is 24.3 Å². The van der Waals surface area contributed by atoms with Gasteiger partial charge in [0.15, 0.2) is 0 Å². The van der Waals surface area contributed by atoms with Crippen LogP contribution >= 0.6 is 12.2 Å². The predicted octanol–water partition coefficient (Wildman–Crippen LogP) is 2.68. The molecule has 19 heavy (non-hydrogen) atoms. The Morgan fingerprint density at radius 2 is 1.84 bits per heavy atom. The molecular weight excluding hydrogens is 256 g/mol. The smallest absolute Gasteiger partial charge is 0.119 e. The molecule has 0 aromatic heterocycles. The van der Waals surface area contributed by atoms with E-state index < -0.39 is 0 Å². The molecular formula is C15H24N2OS. The zero-order chi connectivity index (χ0) is 14.5. The van der Waals surface area contributed by atoms with Crippen LogP contribution in [0.2, 0.25) is 0 Å². The summed E-state index contributed by atoms with van der Waals surface area (Å²) in [6.45, 7) is 9.35. The summed E-state index contributed by atoms with van der Waals surface area (Å²) in [5.41, 5.74) is 6.73. The number of thiocarbonyl (C=S) groups is 1. The third kappa shape index (κ3) is 6.55. The van der Waals surface area contributed by atoms with Crippen molar-refractivity contribution < 1.29 is 4.74 Å². The summed E-state index contributed by atoms with van der Waals surface area (Å²) in [6, 6.07) is 7.57. The first-order chi connectivity index (χ1) is 8.78. The zero-order valence-corrected chi connectivity index (χ0v) is 13.1. The van der Waals surface area contributed by atoms with Gasteiger partial charge in [-0.15, -0.1) is 0 Å². The first kappa shape index (κ1) is 15.9. The molecule has 0 bridgehead atoms. The summed E-state index contributed by atoms with van der Waals surface area (Å²) >= 11 is 4.91. The van der Waals surface area contributed by atoms with Gasteiger partial charge in [-0.1, -0.05) is 33.0 Å². The topological polar surface area (TPSA) is 38.5 Å². The fourth-order valence-corrected chi connectivity index (χ4v) is 2.06. The highest BCUT2D eigenvalue weighted by Crippen LogP contribution is 2.15. The van der Waals surface area contributed by atoms with Crippen molar-refractivity contribution in [2.45, 2.75) is 20.8 Å². The number of ether oxygens (including phenoxy) is 1. The largest absolute Gasteiger partial charge is 0.492 e. The lowest BCUT2D eigenvalue weighted by atomic mass is 9.96. The molecule has 2 N–H and O–H groups in total. The summed E-state index contributed by atoms with van der Waals surface area (Å²) in [6.07, 6.45) is 0. The van der Waals surface area contributed by atoms with Gasteiger partial charge in [0, 0.05) is 18.7 Å². The minimum Gasteiger partial charge on any atom is -0.492 e. The minimum absolute atomic E-state index is 0.313. The third-order valence-corrected chi connectivity index (χ3v) is 2.86. The van der Waals surface area contributed by atoms with Crippen LogP contribution < -0.4 is 10.5 Å². The Balaban J connectivity index is 2.35. The van der Waals surface area contributed by atoms with Gasteiger partial charge in [0.2, 0.25) is 0 Å². The maximum Gasteiger partial charge on any atom is 0.119 e. The standard InChI is InChI=1S/C15H24N2OS/c1-15(2,3)11-17(4)9-10-18-13-7-5-12(6-8-13)14(16)19/h5-8H,9-11H2,1-4H3,(H2,16,19). The maximum atomic E-state index is 5.70. The van der Waals surface area contributed by atoms with Crippen molar-refractivity contribution in [3.63, 3.8) is 0 Å². The van der Waals surface area contributed by atoms with Crippen molar-refractivity contribution in [1.29, 1.82) is 0 Å². The second-order valence-electron chi connectivity index (χ2n) is 6.04. The summed E-state index contributed by atoms with van der Waals surface area (Å²) in [4.78, 5) is 2.69. The number of hydrogen-bond donors (Lipinski definition) is 1. The first-order valence-corrected chi connectivity index (χ1v) is 6.90. The molecule has 0 atom stereocenters. The van der Waals surface area contributed by atoms with Crippen molar-refractivity contribution >= 4 is 17.2 Å². The van der Waals surface area contributed by atoms with Crippen molar-refractivity contribution in [1.82, 2.24) is 4.90 Å². The van der Waals surface area contributed by atoms with E-state index in [4.69, 9.17) is 22.7 Å². The molecule has 0 heterocycles. The Kier molecular flexibility index (Phi) is 5.76. The molecule has 1 aromatic rings. The van der Waals surface area contributed by atoms with Crippen LogP contribution in [-0.2, 0) is 0 Å².